The smallest absolute Gasteiger partial charge is 0.216 e. The van der Waals surface area contributed by atoms with Crippen LogP contribution in [0.15, 0.2) is 45.9 Å². The van der Waals surface area contributed by atoms with E-state index in [1.807, 2.05) is 25.1 Å². The molecule has 0 atom stereocenters. The zero-order valence-corrected chi connectivity index (χ0v) is 18.9. The van der Waals surface area contributed by atoms with Gasteiger partial charge in [-0.25, -0.2) is 9.98 Å². The molecule has 6 nitrogen and oxygen atoms in total. The van der Waals surface area contributed by atoms with Gasteiger partial charge in [0.25, 0.3) is 0 Å². The van der Waals surface area contributed by atoms with Gasteiger partial charge in [0.2, 0.25) is 5.89 Å². The Morgan fingerprint density at radius 2 is 1.93 bits per heavy atom. The molecule has 1 heterocycles. The number of rotatable bonds is 8. The molecule has 27 heavy (non-hydrogen) atoms. The minimum Gasteiger partial charge on any atom is -0.443 e. The van der Waals surface area contributed by atoms with Crippen LogP contribution in [0.5, 0.6) is 0 Å². The third kappa shape index (κ3) is 8.75. The van der Waals surface area contributed by atoms with Crippen molar-refractivity contribution in [2.45, 2.75) is 46.3 Å². The first-order valence-corrected chi connectivity index (χ1v) is 9.08. The van der Waals surface area contributed by atoms with Crippen molar-refractivity contribution in [2.24, 2.45) is 4.99 Å². The normalized spacial score (nSPS) is 11.8. The molecular weight excluding hydrogens is 455 g/mol. The summed E-state index contributed by atoms with van der Waals surface area (Å²) < 4.78 is 11.4. The number of guanidine groups is 1. The highest BCUT2D eigenvalue weighted by Crippen LogP contribution is 2.22. The number of hydrogen-bond acceptors (Lipinski definition) is 4. The molecule has 0 aliphatic rings. The third-order valence-corrected chi connectivity index (χ3v) is 3.66. The lowest BCUT2D eigenvalue weighted by molar-refractivity contribution is 0.125. The molecule has 0 amide bonds. The average Bonchev–Trinajstić information content (AvgIpc) is 3.09. The van der Waals surface area contributed by atoms with E-state index in [0.29, 0.717) is 32.2 Å². The van der Waals surface area contributed by atoms with Gasteiger partial charge in [-0.05, 0) is 12.5 Å². The lowest BCUT2D eigenvalue weighted by Crippen LogP contribution is -2.39. The Morgan fingerprint density at radius 1 is 1.19 bits per heavy atom. The Kier molecular flexibility index (Phi) is 10.4. The summed E-state index contributed by atoms with van der Waals surface area (Å²) in [6.07, 6.45) is 1.78. The highest BCUT2D eigenvalue weighted by Gasteiger charge is 2.18. The average molecular weight is 486 g/mol. The number of aliphatic imine (C=N–C) groups is 1. The number of nitrogens with zero attached hydrogens (tertiary/aromatic N) is 2. The number of halogens is 1. The van der Waals surface area contributed by atoms with E-state index in [4.69, 9.17) is 9.15 Å². The summed E-state index contributed by atoms with van der Waals surface area (Å²) >= 11 is 0. The molecule has 150 valence electrons. The predicted octanol–water partition coefficient (Wildman–Crippen LogP) is 3.86. The molecule has 1 aromatic carbocycles. The minimum absolute atomic E-state index is 0. The summed E-state index contributed by atoms with van der Waals surface area (Å²) in [5.74, 6) is 2.22. The Labute approximate surface area is 179 Å². The minimum atomic E-state index is -0.0478. The molecule has 0 fully saturated rings. The Morgan fingerprint density at radius 3 is 2.56 bits per heavy atom. The van der Waals surface area contributed by atoms with Gasteiger partial charge >= 0.3 is 0 Å². The molecule has 0 unspecified atom stereocenters. The van der Waals surface area contributed by atoms with E-state index in [9.17, 15) is 0 Å². The molecule has 2 rings (SSSR count). The van der Waals surface area contributed by atoms with Crippen LogP contribution in [0.25, 0.3) is 0 Å². The SMILES string of the molecule is CCNC(=NCc1ncc(C(C)(C)C)o1)NCCOCc1ccccc1.I. The lowest BCUT2D eigenvalue weighted by atomic mass is 9.94. The second kappa shape index (κ2) is 12.0. The number of aromatic nitrogens is 1. The summed E-state index contributed by atoms with van der Waals surface area (Å²) in [5.41, 5.74) is 1.12. The van der Waals surface area contributed by atoms with Gasteiger partial charge in [0.1, 0.15) is 12.3 Å². The molecule has 1 aromatic heterocycles. The van der Waals surface area contributed by atoms with Gasteiger partial charge in [0, 0.05) is 18.5 Å². The molecule has 0 bridgehead atoms. The van der Waals surface area contributed by atoms with E-state index in [1.165, 1.54) is 5.56 Å². The van der Waals surface area contributed by atoms with E-state index < -0.39 is 0 Å². The maximum Gasteiger partial charge on any atom is 0.216 e. The number of ether oxygens (including phenoxy) is 1. The van der Waals surface area contributed by atoms with Crippen LogP contribution in [0.2, 0.25) is 0 Å². The Bertz CT molecular complexity index is 681. The van der Waals surface area contributed by atoms with Crippen LogP contribution in [0.4, 0.5) is 0 Å². The van der Waals surface area contributed by atoms with Crippen LogP contribution in [-0.2, 0) is 23.3 Å². The van der Waals surface area contributed by atoms with Gasteiger partial charge in [0.15, 0.2) is 5.96 Å². The fourth-order valence-electron chi connectivity index (χ4n) is 2.22. The van der Waals surface area contributed by atoms with Crippen LogP contribution in [-0.4, -0.2) is 30.6 Å². The van der Waals surface area contributed by atoms with Gasteiger partial charge in [0.05, 0.1) is 19.4 Å². The monoisotopic (exact) mass is 486 g/mol. The van der Waals surface area contributed by atoms with Gasteiger partial charge in [-0.1, -0.05) is 51.1 Å². The van der Waals surface area contributed by atoms with Crippen LogP contribution < -0.4 is 10.6 Å². The second-order valence-electron chi connectivity index (χ2n) is 7.03. The van der Waals surface area contributed by atoms with Crippen molar-refractivity contribution in [1.29, 1.82) is 0 Å². The first-order chi connectivity index (χ1) is 12.5. The molecule has 0 saturated carbocycles. The Balaban J connectivity index is 0.00000364. The summed E-state index contributed by atoms with van der Waals surface area (Å²) in [5, 5.41) is 6.47. The van der Waals surface area contributed by atoms with Gasteiger partial charge < -0.3 is 19.8 Å². The number of oxazole rings is 1. The third-order valence-electron chi connectivity index (χ3n) is 3.66. The van der Waals surface area contributed by atoms with Crippen molar-refractivity contribution in [3.8, 4) is 0 Å². The van der Waals surface area contributed by atoms with E-state index in [-0.39, 0.29) is 29.4 Å². The van der Waals surface area contributed by atoms with Crippen molar-refractivity contribution in [2.75, 3.05) is 19.7 Å². The molecule has 0 saturated heterocycles. The van der Waals surface area contributed by atoms with Crippen molar-refractivity contribution >= 4 is 29.9 Å². The van der Waals surface area contributed by atoms with E-state index in [2.05, 4.69) is 53.5 Å². The molecule has 0 aliphatic carbocycles. The van der Waals surface area contributed by atoms with E-state index in [1.54, 1.807) is 6.20 Å². The van der Waals surface area contributed by atoms with Crippen LogP contribution >= 0.6 is 24.0 Å². The van der Waals surface area contributed by atoms with Crippen LogP contribution in [0.1, 0.15) is 44.9 Å². The summed E-state index contributed by atoms with van der Waals surface area (Å²) in [7, 11) is 0. The number of hydrogen-bond donors (Lipinski definition) is 2. The van der Waals surface area contributed by atoms with E-state index in [0.717, 1.165) is 18.3 Å². The number of benzene rings is 1. The zero-order chi connectivity index (χ0) is 18.8. The topological polar surface area (TPSA) is 71.7 Å². The molecular formula is C20H31IN4O2. The highest BCUT2D eigenvalue weighted by molar-refractivity contribution is 14.0. The van der Waals surface area contributed by atoms with Gasteiger partial charge in [-0.15, -0.1) is 24.0 Å². The van der Waals surface area contributed by atoms with Crippen LogP contribution in [0.3, 0.4) is 0 Å². The first kappa shape index (κ1) is 23.4. The van der Waals surface area contributed by atoms with Gasteiger partial charge in [-0.2, -0.15) is 0 Å². The van der Waals surface area contributed by atoms with Crippen molar-refractivity contribution in [3.63, 3.8) is 0 Å². The Hall–Kier alpha value is -1.61. The molecule has 7 heteroatoms. The standard InChI is InChI=1S/C20H30N4O2.HI/c1-5-21-19(22-11-12-25-15-16-9-7-6-8-10-16)24-14-18-23-13-17(26-18)20(2,3)4;/h6-10,13H,5,11-12,14-15H2,1-4H3,(H2,21,22,24);1H. The predicted molar refractivity (Wildman–Crippen MR) is 120 cm³/mol. The molecule has 0 spiro atoms. The zero-order valence-electron chi connectivity index (χ0n) is 16.6. The largest absolute Gasteiger partial charge is 0.443 e. The summed E-state index contributed by atoms with van der Waals surface area (Å²) in [6.45, 7) is 11.4. The summed E-state index contributed by atoms with van der Waals surface area (Å²) in [6, 6.07) is 10.1. The van der Waals surface area contributed by atoms with Crippen molar-refractivity contribution < 1.29 is 9.15 Å². The number of nitrogens with one attached hydrogen (secondary N) is 2. The highest BCUT2D eigenvalue weighted by atomic mass is 127. The molecule has 0 radical (unpaired) electrons. The summed E-state index contributed by atoms with van der Waals surface area (Å²) in [4.78, 5) is 8.82. The lowest BCUT2D eigenvalue weighted by Gasteiger charge is -2.13. The second-order valence-corrected chi connectivity index (χ2v) is 7.03. The molecule has 0 aliphatic heterocycles. The molecule has 2 aromatic rings. The maximum absolute atomic E-state index is 5.77. The van der Waals surface area contributed by atoms with Crippen molar-refractivity contribution in [3.05, 3.63) is 53.7 Å². The van der Waals surface area contributed by atoms with E-state index >= 15 is 0 Å². The van der Waals surface area contributed by atoms with Crippen molar-refractivity contribution in [1.82, 2.24) is 15.6 Å². The van der Waals surface area contributed by atoms with Crippen LogP contribution in [0, 0.1) is 0 Å². The van der Waals surface area contributed by atoms with Gasteiger partial charge in [-0.3, -0.25) is 0 Å². The quantitative estimate of drug-likeness (QED) is 0.257. The molecule has 2 N–H and O–H groups in total. The maximum atomic E-state index is 5.77. The first-order valence-electron chi connectivity index (χ1n) is 9.08. The fraction of sp³-hybridized carbons (Fsp3) is 0.500. The fourth-order valence-corrected chi connectivity index (χ4v) is 2.22.